The zero-order valence-corrected chi connectivity index (χ0v) is 10.7. The number of thioether (sulfide) groups is 1. The summed E-state index contributed by atoms with van der Waals surface area (Å²) in [4.78, 5) is 2.38. The Morgan fingerprint density at radius 2 is 2.31 bits per heavy atom. The molecule has 0 radical (unpaired) electrons. The first kappa shape index (κ1) is 13.4. The van der Waals surface area contributed by atoms with E-state index in [0.29, 0.717) is 12.8 Å². The molecule has 1 aliphatic rings. The molecule has 3 nitrogen and oxygen atoms in total. The van der Waals surface area contributed by atoms with Crippen LogP contribution in [0.3, 0.4) is 0 Å². The SMILES string of the molecule is CCC1CN(CC(C#N)CCC#N)CCS1. The third-order valence-corrected chi connectivity index (χ3v) is 4.32. The van der Waals surface area contributed by atoms with Gasteiger partial charge in [0.25, 0.3) is 0 Å². The van der Waals surface area contributed by atoms with Crippen molar-refractivity contribution in [3.63, 3.8) is 0 Å². The number of hydrogen-bond donors (Lipinski definition) is 0. The van der Waals surface area contributed by atoms with E-state index in [2.05, 4.69) is 24.0 Å². The minimum atomic E-state index is 0.0280. The van der Waals surface area contributed by atoms with E-state index < -0.39 is 0 Å². The Bertz CT molecular complexity index is 279. The second-order valence-corrected chi connectivity index (χ2v) is 5.59. The minimum absolute atomic E-state index is 0.0280. The molecule has 0 aromatic rings. The highest BCUT2D eigenvalue weighted by Gasteiger charge is 2.21. The van der Waals surface area contributed by atoms with Gasteiger partial charge in [0.05, 0.1) is 18.1 Å². The van der Waals surface area contributed by atoms with E-state index >= 15 is 0 Å². The summed E-state index contributed by atoms with van der Waals surface area (Å²) in [7, 11) is 0. The molecular formula is C12H19N3S. The van der Waals surface area contributed by atoms with E-state index in [1.165, 1.54) is 12.2 Å². The van der Waals surface area contributed by atoms with Gasteiger partial charge in [0.2, 0.25) is 0 Å². The smallest absolute Gasteiger partial charge is 0.0669 e. The summed E-state index contributed by atoms with van der Waals surface area (Å²) in [6, 6.07) is 4.43. The van der Waals surface area contributed by atoms with Gasteiger partial charge < -0.3 is 4.90 Å². The van der Waals surface area contributed by atoms with Crippen LogP contribution in [0.4, 0.5) is 0 Å². The van der Waals surface area contributed by atoms with Gasteiger partial charge in [0.15, 0.2) is 0 Å². The Morgan fingerprint density at radius 1 is 1.50 bits per heavy atom. The van der Waals surface area contributed by atoms with Crippen molar-refractivity contribution in [3.05, 3.63) is 0 Å². The first-order chi connectivity index (χ1) is 7.80. The van der Waals surface area contributed by atoms with Crippen LogP contribution in [0.25, 0.3) is 0 Å². The predicted octanol–water partition coefficient (Wildman–Crippen LogP) is 2.26. The summed E-state index contributed by atoms with van der Waals surface area (Å²) in [6.07, 6.45) is 2.42. The van der Waals surface area contributed by atoms with Gasteiger partial charge in [0.1, 0.15) is 0 Å². The van der Waals surface area contributed by atoms with E-state index in [-0.39, 0.29) is 5.92 Å². The maximum Gasteiger partial charge on any atom is 0.0669 e. The summed E-state index contributed by atoms with van der Waals surface area (Å²) in [5.74, 6) is 1.20. The Balaban J connectivity index is 2.34. The molecule has 16 heavy (non-hydrogen) atoms. The Labute approximate surface area is 102 Å². The van der Waals surface area contributed by atoms with Crippen molar-refractivity contribution in [1.29, 1.82) is 10.5 Å². The Kier molecular flexibility index (Phi) is 6.30. The van der Waals surface area contributed by atoms with E-state index in [4.69, 9.17) is 10.5 Å². The maximum atomic E-state index is 9.02. The van der Waals surface area contributed by atoms with Crippen LogP contribution in [0.5, 0.6) is 0 Å². The largest absolute Gasteiger partial charge is 0.300 e. The number of hydrogen-bond acceptors (Lipinski definition) is 4. The topological polar surface area (TPSA) is 50.8 Å². The summed E-state index contributed by atoms with van der Waals surface area (Å²) >= 11 is 2.04. The molecule has 1 heterocycles. The summed E-state index contributed by atoms with van der Waals surface area (Å²) < 4.78 is 0. The van der Waals surface area contributed by atoms with E-state index in [1.54, 1.807) is 0 Å². The zero-order chi connectivity index (χ0) is 11.8. The number of nitrogens with zero attached hydrogens (tertiary/aromatic N) is 3. The molecule has 0 aliphatic carbocycles. The lowest BCUT2D eigenvalue weighted by Crippen LogP contribution is -2.40. The second-order valence-electron chi connectivity index (χ2n) is 4.18. The van der Waals surface area contributed by atoms with Gasteiger partial charge in [-0.1, -0.05) is 6.92 Å². The molecule has 2 unspecified atom stereocenters. The van der Waals surface area contributed by atoms with Crippen molar-refractivity contribution >= 4 is 11.8 Å². The van der Waals surface area contributed by atoms with Crippen LogP contribution in [0.15, 0.2) is 0 Å². The van der Waals surface area contributed by atoms with Gasteiger partial charge in [-0.2, -0.15) is 22.3 Å². The van der Waals surface area contributed by atoms with Crippen LogP contribution in [0.1, 0.15) is 26.2 Å². The lowest BCUT2D eigenvalue weighted by atomic mass is 10.0. The van der Waals surface area contributed by atoms with E-state index in [1.807, 2.05) is 11.8 Å². The molecule has 1 saturated heterocycles. The average molecular weight is 237 g/mol. The van der Waals surface area contributed by atoms with Crippen molar-refractivity contribution < 1.29 is 0 Å². The fraction of sp³-hybridized carbons (Fsp3) is 0.833. The minimum Gasteiger partial charge on any atom is -0.300 e. The summed E-state index contributed by atoms with van der Waals surface area (Å²) in [5.41, 5.74) is 0. The van der Waals surface area contributed by atoms with Crippen LogP contribution in [-0.2, 0) is 0 Å². The van der Waals surface area contributed by atoms with Crippen LogP contribution in [-0.4, -0.2) is 35.5 Å². The standard InChI is InChI=1S/C12H19N3S/c1-2-12-10-15(6-7-16-12)9-11(8-14)4-3-5-13/h11-12H,2-4,6-7,9-10H2,1H3. The maximum absolute atomic E-state index is 9.02. The third-order valence-electron chi connectivity index (χ3n) is 2.94. The quantitative estimate of drug-likeness (QED) is 0.736. The van der Waals surface area contributed by atoms with Gasteiger partial charge in [-0.05, 0) is 12.8 Å². The lowest BCUT2D eigenvalue weighted by molar-refractivity contribution is 0.252. The molecule has 0 N–H and O–H groups in total. The molecule has 0 aromatic carbocycles. The highest BCUT2D eigenvalue weighted by molar-refractivity contribution is 8.00. The lowest BCUT2D eigenvalue weighted by Gasteiger charge is -2.32. The molecule has 0 saturated carbocycles. The highest BCUT2D eigenvalue weighted by Crippen LogP contribution is 2.22. The Hall–Kier alpha value is -0.710. The van der Waals surface area contributed by atoms with Gasteiger partial charge in [-0.25, -0.2) is 0 Å². The fourth-order valence-corrected chi connectivity index (χ4v) is 3.19. The molecule has 1 aliphatic heterocycles. The van der Waals surface area contributed by atoms with Gasteiger partial charge in [0, 0.05) is 37.1 Å². The molecule has 1 rings (SSSR count). The molecule has 0 amide bonds. The first-order valence-corrected chi connectivity index (χ1v) is 6.95. The van der Waals surface area contributed by atoms with Crippen LogP contribution < -0.4 is 0 Å². The first-order valence-electron chi connectivity index (χ1n) is 5.90. The van der Waals surface area contributed by atoms with E-state index in [9.17, 15) is 0 Å². The average Bonchev–Trinajstić information content (AvgIpc) is 2.34. The third kappa shape index (κ3) is 4.43. The molecule has 0 aromatic heterocycles. The fourth-order valence-electron chi connectivity index (χ4n) is 1.94. The van der Waals surface area contributed by atoms with Crippen molar-refractivity contribution in [2.45, 2.75) is 31.4 Å². The van der Waals surface area contributed by atoms with Crippen molar-refractivity contribution in [2.75, 3.05) is 25.4 Å². The monoisotopic (exact) mass is 237 g/mol. The molecule has 1 fully saturated rings. The summed E-state index contributed by atoms with van der Waals surface area (Å²) in [6.45, 7) is 5.26. The van der Waals surface area contributed by atoms with E-state index in [0.717, 1.165) is 24.9 Å². The highest BCUT2D eigenvalue weighted by atomic mass is 32.2. The molecular weight excluding hydrogens is 218 g/mol. The molecule has 0 spiro atoms. The van der Waals surface area contributed by atoms with Crippen molar-refractivity contribution in [3.8, 4) is 12.1 Å². The molecule has 4 heteroatoms. The van der Waals surface area contributed by atoms with Crippen molar-refractivity contribution in [1.82, 2.24) is 4.90 Å². The molecule has 0 bridgehead atoms. The van der Waals surface area contributed by atoms with Crippen LogP contribution >= 0.6 is 11.8 Å². The normalized spacial score (nSPS) is 23.3. The van der Waals surface area contributed by atoms with Crippen LogP contribution in [0, 0.1) is 28.6 Å². The van der Waals surface area contributed by atoms with Gasteiger partial charge >= 0.3 is 0 Å². The van der Waals surface area contributed by atoms with Gasteiger partial charge in [-0.15, -0.1) is 0 Å². The van der Waals surface area contributed by atoms with Crippen LogP contribution in [0.2, 0.25) is 0 Å². The van der Waals surface area contributed by atoms with Crippen molar-refractivity contribution in [2.24, 2.45) is 5.92 Å². The number of rotatable bonds is 5. The molecule has 2 atom stereocenters. The second kappa shape index (κ2) is 7.54. The zero-order valence-electron chi connectivity index (χ0n) is 9.85. The number of nitriles is 2. The molecule has 88 valence electrons. The predicted molar refractivity (Wildman–Crippen MR) is 66.9 cm³/mol. The van der Waals surface area contributed by atoms with Gasteiger partial charge in [-0.3, -0.25) is 0 Å². The Morgan fingerprint density at radius 3 is 2.94 bits per heavy atom. The summed E-state index contributed by atoms with van der Waals surface area (Å²) in [5, 5.41) is 18.3.